The molecule has 42 heteroatoms. The molecule has 12 aliphatic heterocycles. The van der Waals surface area contributed by atoms with Gasteiger partial charge in [-0.05, 0) is 83.1 Å². The molecule has 626 valence electrons. The lowest BCUT2D eigenvalue weighted by Gasteiger charge is -2.33. The summed E-state index contributed by atoms with van der Waals surface area (Å²) in [4.78, 5) is 96.8. The van der Waals surface area contributed by atoms with Crippen LogP contribution in [-0.2, 0) is 138 Å². The smallest absolute Gasteiger partial charge is 0.481 e. The Kier molecular flexibility index (Phi) is 25.8. The Morgan fingerprint density at radius 1 is 0.345 bits per heavy atom. The number of carboxylic acid groups (broad SMARTS) is 2. The van der Waals surface area contributed by atoms with Gasteiger partial charge in [-0.3, -0.25) is 28.8 Å². The molecule has 12 fully saturated rings. The van der Waals surface area contributed by atoms with Gasteiger partial charge in [0.2, 0.25) is 29.5 Å². The van der Waals surface area contributed by atoms with Crippen molar-refractivity contribution in [2.75, 3.05) is 41.5 Å². The van der Waals surface area contributed by atoms with E-state index >= 15 is 14.4 Å². The summed E-state index contributed by atoms with van der Waals surface area (Å²) in [5.74, 6) is -14.4. The van der Waals surface area contributed by atoms with Gasteiger partial charge in [0.1, 0.15) is 110 Å². The number of carboxylic acids is 2. The van der Waals surface area contributed by atoms with E-state index in [1.165, 1.54) is 28.4 Å². The number of rotatable bonds is 29. The molecule has 12 rings (SSSR count). The summed E-state index contributed by atoms with van der Waals surface area (Å²) in [5, 5.41) is 32.2. The Morgan fingerprint density at radius 2 is 0.545 bits per heavy atom. The number of fused-ring (bicyclic) bond motifs is 6. The molecule has 39 nitrogen and oxygen atoms in total. The third kappa shape index (κ3) is 19.1. The largest absolute Gasteiger partial charge is 0.490 e. The summed E-state index contributed by atoms with van der Waals surface area (Å²) in [6, 6.07) is -7.29. The van der Waals surface area contributed by atoms with Crippen LogP contribution in [-0.4, -0.2) is 318 Å². The number of hydrogen-bond donors (Lipinski definition) is 10. The normalized spacial score (nSPS) is 39.7. The maximum absolute atomic E-state index is 15.5. The predicted octanol–water partition coefficient (Wildman–Crippen LogP) is -2.15. The van der Waals surface area contributed by atoms with Crippen LogP contribution in [0.1, 0.15) is 122 Å². The van der Waals surface area contributed by atoms with Crippen LogP contribution in [0.25, 0.3) is 0 Å². The molecule has 0 unspecified atom stereocenters. The van der Waals surface area contributed by atoms with Gasteiger partial charge in [0.15, 0.2) is 59.9 Å². The van der Waals surface area contributed by atoms with Gasteiger partial charge in [0.25, 0.3) is 0 Å². The van der Waals surface area contributed by atoms with Crippen LogP contribution >= 0.6 is 0 Å². The lowest BCUT2D eigenvalue weighted by molar-refractivity contribution is -0.230. The molecule has 0 radical (unpaired) electrons. The summed E-state index contributed by atoms with van der Waals surface area (Å²) in [7, 11) is 5.63. The standard InChI is InChI=1S/C66H106N8O29.C2HF3O2/c1-61(2)92-45-31(23-67)86-39(47(45)94-61)25(69)17-33(75)70-27(41-49-53(57(82-13)88-41)100-63(5,6)96-49)19-36(78)73-28(42-50-54(58(83-14)89-42)101-64(7,8)97-50)20-35(77)71-26(40-48-46(32(24-68)87-40)93-62(3,4)95-48)18-34(76)72-29(43-51-55(59(84-15)90-43)102-65(9,10)98-51)21-37(79)74-30(22-38(80)81)44-52-56(60(85-16)91-44)103-66(11,12)99-52;3-2(4,5)1(6)7/h25-32,39-60H,17-24,67-69H2,1-16H3,(H,70,75)(H,71,77)(H,72,76)(H,73,78)(H,74,79)(H,80,81);(H,6,7)/t25-,26+,27+,28-,29-,30+,31-,32-,39-,40-,41-,42-,43-,44-,45-,46-,47+,48+,49+,50+,51+,52+,53+,54+,55+,56+,57+,58+,59+,60+;/m1./s1. The van der Waals surface area contributed by atoms with Crippen molar-refractivity contribution in [1.29, 1.82) is 0 Å². The third-order valence-electron chi connectivity index (χ3n) is 20.8. The number of aliphatic carboxylic acids is 2. The highest BCUT2D eigenvalue weighted by atomic mass is 19.4. The van der Waals surface area contributed by atoms with E-state index in [4.69, 9.17) is 131 Å². The molecule has 0 aliphatic carbocycles. The van der Waals surface area contributed by atoms with Crippen molar-refractivity contribution in [2.24, 2.45) is 17.2 Å². The van der Waals surface area contributed by atoms with Crippen LogP contribution in [0.5, 0.6) is 0 Å². The molecular formula is C68H107F3N8O31. The predicted molar refractivity (Wildman–Crippen MR) is 358 cm³/mol. The number of nitrogens with two attached hydrogens (primary N) is 3. The molecule has 5 amide bonds. The van der Waals surface area contributed by atoms with Gasteiger partial charge in [0, 0.05) is 79.7 Å². The second-order valence-corrected chi connectivity index (χ2v) is 31.9. The fourth-order valence-electron chi connectivity index (χ4n) is 16.8. The summed E-state index contributed by atoms with van der Waals surface area (Å²) < 4.78 is 168. The van der Waals surface area contributed by atoms with Crippen LogP contribution < -0.4 is 43.8 Å². The molecule has 0 saturated carbocycles. The molecule has 12 aliphatic rings. The van der Waals surface area contributed by atoms with Gasteiger partial charge in [-0.2, -0.15) is 13.2 Å². The zero-order valence-electron chi connectivity index (χ0n) is 64.1. The number of alkyl halides is 3. The maximum Gasteiger partial charge on any atom is 0.490 e. The number of nitrogens with one attached hydrogen (secondary N) is 5. The minimum absolute atomic E-state index is 0.0612. The summed E-state index contributed by atoms with van der Waals surface area (Å²) in [5.41, 5.74) is 19.2. The molecule has 0 spiro atoms. The molecule has 0 aromatic carbocycles. The van der Waals surface area contributed by atoms with Crippen LogP contribution in [0.15, 0.2) is 0 Å². The first-order valence-electron chi connectivity index (χ1n) is 36.6. The van der Waals surface area contributed by atoms with E-state index in [9.17, 15) is 32.7 Å². The fourth-order valence-corrected chi connectivity index (χ4v) is 16.8. The number of hydrogen-bond acceptors (Lipinski definition) is 32. The van der Waals surface area contributed by atoms with Gasteiger partial charge >= 0.3 is 18.1 Å². The minimum atomic E-state index is -5.08. The average molecular weight is 1590 g/mol. The molecule has 110 heavy (non-hydrogen) atoms. The van der Waals surface area contributed by atoms with Crippen LogP contribution in [0, 0.1) is 0 Å². The van der Waals surface area contributed by atoms with Crippen LogP contribution in [0.4, 0.5) is 13.2 Å². The number of amides is 5. The second kappa shape index (κ2) is 33.0. The Balaban J connectivity index is 0.00000163. The van der Waals surface area contributed by atoms with E-state index in [0.29, 0.717) is 0 Å². The summed E-state index contributed by atoms with van der Waals surface area (Å²) in [6.45, 7) is 20.5. The van der Waals surface area contributed by atoms with E-state index in [-0.39, 0.29) is 19.5 Å². The summed E-state index contributed by atoms with van der Waals surface area (Å²) >= 11 is 0. The highest BCUT2D eigenvalue weighted by Gasteiger charge is 2.65. The first-order chi connectivity index (χ1) is 51.3. The zero-order valence-corrected chi connectivity index (χ0v) is 64.1. The van der Waals surface area contributed by atoms with Gasteiger partial charge in [0.05, 0.1) is 48.8 Å². The van der Waals surface area contributed by atoms with E-state index in [1.807, 2.05) is 0 Å². The number of carbonyl (C=O) groups is 7. The van der Waals surface area contributed by atoms with Crippen molar-refractivity contribution in [1.82, 2.24) is 26.6 Å². The molecule has 12 saturated heterocycles. The van der Waals surface area contributed by atoms with Crippen molar-refractivity contribution in [3.63, 3.8) is 0 Å². The van der Waals surface area contributed by atoms with Crippen LogP contribution in [0.3, 0.4) is 0 Å². The number of carbonyl (C=O) groups excluding carboxylic acids is 5. The quantitative estimate of drug-likeness (QED) is 0.0382. The van der Waals surface area contributed by atoms with Gasteiger partial charge < -0.3 is 158 Å². The lowest BCUT2D eigenvalue weighted by atomic mass is 9.95. The summed E-state index contributed by atoms with van der Waals surface area (Å²) in [6.07, 6.45) is -30.0. The topological polar surface area (TPSA) is 501 Å². The Bertz CT molecular complexity index is 3310. The van der Waals surface area contributed by atoms with E-state index < -0.39 is 298 Å². The molecule has 0 bridgehead atoms. The Morgan fingerprint density at radius 3 is 0.782 bits per heavy atom. The first-order valence-corrected chi connectivity index (χ1v) is 36.6. The van der Waals surface area contributed by atoms with Crippen LogP contribution in [0.2, 0.25) is 0 Å². The van der Waals surface area contributed by atoms with Gasteiger partial charge in [-0.25, -0.2) is 4.79 Å². The Labute approximate surface area is 632 Å². The molecule has 30 atom stereocenters. The fraction of sp³-hybridized carbons (Fsp3) is 0.897. The lowest BCUT2D eigenvalue weighted by Crippen LogP contribution is -2.57. The van der Waals surface area contributed by atoms with Crippen molar-refractivity contribution < 1.29 is 161 Å². The Hall–Kier alpha value is -4.92. The third-order valence-corrected chi connectivity index (χ3v) is 20.8. The molecule has 12 heterocycles. The van der Waals surface area contributed by atoms with Crippen molar-refractivity contribution in [3.05, 3.63) is 0 Å². The molecule has 13 N–H and O–H groups in total. The van der Waals surface area contributed by atoms with E-state index in [1.54, 1.807) is 83.1 Å². The first kappa shape index (κ1) is 86.0. The second-order valence-electron chi connectivity index (χ2n) is 31.9. The number of methoxy groups -OCH3 is 4. The van der Waals surface area contributed by atoms with Crippen molar-refractivity contribution in [2.45, 2.75) is 346 Å². The SMILES string of the molecule is CO[C@H]1O[C@H]([C@H](CC(=O)O)NC(=O)C[C@@H](NC(=O)C[C@H](NC(=O)C[C@@H](NC(=O)C[C@H](NC(=O)C[C@@H](N)[C@H]2O[C@H](CN)[C@H]3OC(C)(C)O[C@@H]23)[C@H]2O[C@H](OC)[C@H]3OC(C)(C)O[C@H]32)[C@H]2O[C@H](OC)[C@H]3OC(C)(C)O[C@H]32)[C@H]2O[C@H](CN)[C@H]3OC(C)(C)O[C@@H]23)[C@H]2O[C@H](OC)[C@H]3OC(C)(C)O[C@H]32)[C@@H]2OC(C)(C)O[C@H]12.O=C(O)C(F)(F)F. The minimum Gasteiger partial charge on any atom is -0.481 e. The van der Waals surface area contributed by atoms with Crippen molar-refractivity contribution >= 4 is 41.5 Å². The zero-order chi connectivity index (χ0) is 80.6. The highest BCUT2D eigenvalue weighted by Crippen LogP contribution is 2.47. The average Bonchev–Trinajstić information content (AvgIpc) is 1.64. The number of halogens is 3. The van der Waals surface area contributed by atoms with Gasteiger partial charge in [-0.15, -0.1) is 0 Å². The molecular weight excluding hydrogens is 1480 g/mol. The molecule has 0 aromatic rings. The van der Waals surface area contributed by atoms with Gasteiger partial charge in [-0.1, -0.05) is 0 Å². The van der Waals surface area contributed by atoms with Crippen molar-refractivity contribution in [3.8, 4) is 0 Å². The maximum atomic E-state index is 15.5. The van der Waals surface area contributed by atoms with E-state index in [2.05, 4.69) is 26.6 Å². The highest BCUT2D eigenvalue weighted by molar-refractivity contribution is 5.84. The monoisotopic (exact) mass is 1590 g/mol. The van der Waals surface area contributed by atoms with E-state index in [0.717, 1.165) is 0 Å². The number of ether oxygens (including phenoxy) is 22. The molecule has 0 aromatic heterocycles.